The Labute approximate surface area is 177 Å². The van der Waals surface area contributed by atoms with Crippen LogP contribution in [0, 0.1) is 0 Å². The number of hydrogen-bond acceptors (Lipinski definition) is 6. The van der Waals surface area contributed by atoms with Crippen LogP contribution in [-0.4, -0.2) is 65.6 Å². The molecule has 2 N–H and O–H groups in total. The van der Waals surface area contributed by atoms with E-state index < -0.39 is 6.10 Å². The van der Waals surface area contributed by atoms with E-state index in [1.807, 2.05) is 48.9 Å². The number of aromatic nitrogens is 1. The molecule has 0 bridgehead atoms. The molecule has 1 aromatic carbocycles. The van der Waals surface area contributed by atoms with Gasteiger partial charge >= 0.3 is 0 Å². The first-order chi connectivity index (χ1) is 14.2. The van der Waals surface area contributed by atoms with Crippen molar-refractivity contribution in [3.63, 3.8) is 0 Å². The largest absolute Gasteiger partial charge is 0.388 e. The summed E-state index contributed by atoms with van der Waals surface area (Å²) in [6, 6.07) is 13.6. The fourth-order valence-corrected chi connectivity index (χ4v) is 3.90. The quantitative estimate of drug-likeness (QED) is 0.657. The minimum Gasteiger partial charge on any atom is -0.388 e. The molecule has 1 aliphatic heterocycles. The average molecular weight is 415 g/mol. The van der Waals surface area contributed by atoms with Crippen molar-refractivity contribution in [2.24, 2.45) is 0 Å². The maximum absolute atomic E-state index is 11.7. The molecule has 1 atom stereocenters. The number of anilines is 2. The molecule has 2 aromatic rings. The molecule has 29 heavy (non-hydrogen) atoms. The number of hydrogen-bond donors (Lipinski definition) is 2. The van der Waals surface area contributed by atoms with Crippen molar-refractivity contribution in [2.75, 3.05) is 54.9 Å². The molecule has 1 unspecified atom stereocenters. The highest BCUT2D eigenvalue weighted by molar-refractivity contribution is 7.99. The van der Waals surface area contributed by atoms with Crippen LogP contribution >= 0.6 is 11.8 Å². The van der Waals surface area contributed by atoms with Crippen LogP contribution in [-0.2, 0) is 4.79 Å². The zero-order chi connectivity index (χ0) is 20.5. The van der Waals surface area contributed by atoms with E-state index in [9.17, 15) is 9.90 Å². The minimum absolute atomic E-state index is 0.0195. The summed E-state index contributed by atoms with van der Waals surface area (Å²) in [6.45, 7) is 4.99. The van der Waals surface area contributed by atoms with Gasteiger partial charge in [-0.3, -0.25) is 9.69 Å². The van der Waals surface area contributed by atoms with Gasteiger partial charge < -0.3 is 15.3 Å². The predicted molar refractivity (Wildman–Crippen MR) is 121 cm³/mol. The van der Waals surface area contributed by atoms with E-state index in [1.54, 1.807) is 0 Å². The number of nitrogens with zero attached hydrogens (tertiary/aromatic N) is 3. The Hall–Kier alpha value is -2.09. The summed E-state index contributed by atoms with van der Waals surface area (Å²) >= 11 is 1.49. The smallest absolute Gasteiger partial charge is 0.234 e. The maximum Gasteiger partial charge on any atom is 0.234 e. The number of carbonyl (C=O) groups is 1. The van der Waals surface area contributed by atoms with Gasteiger partial charge in [0, 0.05) is 38.1 Å². The Morgan fingerprint density at radius 2 is 2.03 bits per heavy atom. The van der Waals surface area contributed by atoms with E-state index in [0.717, 1.165) is 56.2 Å². The second-order valence-corrected chi connectivity index (χ2v) is 8.15. The van der Waals surface area contributed by atoms with Crippen LogP contribution < -0.4 is 10.2 Å². The third-order valence-electron chi connectivity index (χ3n) is 5.13. The van der Waals surface area contributed by atoms with Crippen LogP contribution in [0.15, 0.2) is 48.7 Å². The highest BCUT2D eigenvalue weighted by Crippen LogP contribution is 2.22. The third-order valence-corrected chi connectivity index (χ3v) is 5.68. The monoisotopic (exact) mass is 414 g/mol. The molecule has 1 amide bonds. The van der Waals surface area contributed by atoms with Crippen LogP contribution in [0.25, 0.3) is 0 Å². The first-order valence-electron chi connectivity index (χ1n) is 10.1. The van der Waals surface area contributed by atoms with Gasteiger partial charge in [0.25, 0.3) is 0 Å². The van der Waals surface area contributed by atoms with Crippen molar-refractivity contribution in [3.8, 4) is 0 Å². The highest BCUT2D eigenvalue weighted by Gasteiger charge is 2.18. The number of aliphatic hydroxyl groups excluding tert-OH is 1. The summed E-state index contributed by atoms with van der Waals surface area (Å²) in [5.74, 6) is 1.46. The first kappa shape index (κ1) is 21.6. The zero-order valence-electron chi connectivity index (χ0n) is 17.0. The van der Waals surface area contributed by atoms with Crippen molar-refractivity contribution in [3.05, 3.63) is 54.2 Å². The van der Waals surface area contributed by atoms with Crippen LogP contribution in [0.2, 0.25) is 0 Å². The number of thioether (sulfide) groups is 1. The lowest BCUT2D eigenvalue weighted by Crippen LogP contribution is -2.46. The third kappa shape index (κ3) is 6.73. The standard InChI is InChI=1S/C22H30N4O2S/c1-29-17-22(28)24-19-7-4-6-18(16-19)20(27)8-5-11-25-12-14-26(15-13-25)21-9-2-3-10-23-21/h2-4,6-7,9-10,16,20,27H,5,8,11-15,17H2,1H3,(H,24,28). The Morgan fingerprint density at radius 1 is 1.21 bits per heavy atom. The molecule has 0 spiro atoms. The molecule has 1 aliphatic rings. The van der Waals surface area contributed by atoms with E-state index in [1.165, 1.54) is 11.8 Å². The summed E-state index contributed by atoms with van der Waals surface area (Å²) in [5.41, 5.74) is 1.60. The molecular formula is C22H30N4O2S. The number of carbonyl (C=O) groups excluding carboxylic acids is 1. The van der Waals surface area contributed by atoms with Crippen LogP contribution in [0.1, 0.15) is 24.5 Å². The number of piperazine rings is 1. The zero-order valence-corrected chi connectivity index (χ0v) is 17.8. The topological polar surface area (TPSA) is 68.7 Å². The SMILES string of the molecule is CSCC(=O)Nc1cccc(C(O)CCCN2CCN(c3ccccn3)CC2)c1. The van der Waals surface area contributed by atoms with E-state index >= 15 is 0 Å². The maximum atomic E-state index is 11.7. The lowest BCUT2D eigenvalue weighted by Gasteiger charge is -2.35. The molecule has 0 aliphatic carbocycles. The first-order valence-corrected chi connectivity index (χ1v) is 11.5. The van der Waals surface area contributed by atoms with Gasteiger partial charge in [0.15, 0.2) is 0 Å². The van der Waals surface area contributed by atoms with Crippen LogP contribution in [0.4, 0.5) is 11.5 Å². The number of amides is 1. The van der Waals surface area contributed by atoms with Crippen molar-refractivity contribution in [2.45, 2.75) is 18.9 Å². The number of rotatable bonds is 9. The van der Waals surface area contributed by atoms with Gasteiger partial charge in [0.1, 0.15) is 5.82 Å². The van der Waals surface area contributed by atoms with Crippen LogP contribution in [0.5, 0.6) is 0 Å². The highest BCUT2D eigenvalue weighted by atomic mass is 32.2. The Kier molecular flexibility index (Phi) is 8.34. The molecule has 0 radical (unpaired) electrons. The molecule has 0 saturated carbocycles. The summed E-state index contributed by atoms with van der Waals surface area (Å²) in [7, 11) is 0. The molecule has 2 heterocycles. The fraction of sp³-hybridized carbons (Fsp3) is 0.455. The number of pyridine rings is 1. The second kappa shape index (κ2) is 11.2. The van der Waals surface area contributed by atoms with E-state index in [4.69, 9.17) is 0 Å². The van der Waals surface area contributed by atoms with E-state index in [0.29, 0.717) is 12.2 Å². The molecule has 156 valence electrons. The normalized spacial score (nSPS) is 15.9. The predicted octanol–water partition coefficient (Wildman–Crippen LogP) is 3.02. The summed E-state index contributed by atoms with van der Waals surface area (Å²) in [6.07, 6.45) is 4.88. The van der Waals surface area contributed by atoms with Gasteiger partial charge in [-0.2, -0.15) is 11.8 Å². The summed E-state index contributed by atoms with van der Waals surface area (Å²) in [5, 5.41) is 13.4. The van der Waals surface area contributed by atoms with Gasteiger partial charge in [-0.25, -0.2) is 4.98 Å². The average Bonchev–Trinajstić information content (AvgIpc) is 2.75. The minimum atomic E-state index is -0.512. The molecule has 1 saturated heterocycles. The Balaban J connectivity index is 1.40. The van der Waals surface area contributed by atoms with Crippen molar-refractivity contribution in [1.82, 2.24) is 9.88 Å². The fourth-order valence-electron chi connectivity index (χ4n) is 3.57. The van der Waals surface area contributed by atoms with E-state index in [-0.39, 0.29) is 5.91 Å². The lowest BCUT2D eigenvalue weighted by atomic mass is 10.0. The van der Waals surface area contributed by atoms with Crippen molar-refractivity contribution >= 4 is 29.2 Å². The number of nitrogens with one attached hydrogen (secondary N) is 1. The molecule has 7 heteroatoms. The Morgan fingerprint density at radius 3 is 2.76 bits per heavy atom. The van der Waals surface area contributed by atoms with Gasteiger partial charge in [-0.1, -0.05) is 18.2 Å². The van der Waals surface area contributed by atoms with Crippen molar-refractivity contribution < 1.29 is 9.90 Å². The second-order valence-electron chi connectivity index (χ2n) is 7.28. The van der Waals surface area contributed by atoms with Gasteiger partial charge in [0.2, 0.25) is 5.91 Å². The lowest BCUT2D eigenvalue weighted by molar-refractivity contribution is -0.113. The van der Waals surface area contributed by atoms with Crippen LogP contribution in [0.3, 0.4) is 0 Å². The van der Waals surface area contributed by atoms with Crippen molar-refractivity contribution in [1.29, 1.82) is 0 Å². The van der Waals surface area contributed by atoms with Gasteiger partial charge in [0.05, 0.1) is 11.9 Å². The number of aliphatic hydroxyl groups is 1. The molecule has 6 nitrogen and oxygen atoms in total. The van der Waals surface area contributed by atoms with Gasteiger partial charge in [-0.05, 0) is 55.5 Å². The summed E-state index contributed by atoms with van der Waals surface area (Å²) in [4.78, 5) is 20.9. The Bertz CT molecular complexity index is 766. The van der Waals surface area contributed by atoms with Gasteiger partial charge in [-0.15, -0.1) is 0 Å². The van der Waals surface area contributed by atoms with E-state index in [2.05, 4.69) is 26.2 Å². The molecule has 3 rings (SSSR count). The molecule has 1 fully saturated rings. The molecule has 1 aromatic heterocycles. The number of benzene rings is 1. The molecular weight excluding hydrogens is 384 g/mol. The summed E-state index contributed by atoms with van der Waals surface area (Å²) < 4.78 is 0.